The van der Waals surface area contributed by atoms with E-state index in [0.717, 1.165) is 12.0 Å². The Hall–Kier alpha value is -1.67. The lowest BCUT2D eigenvalue weighted by atomic mass is 9.98. The van der Waals surface area contributed by atoms with Crippen LogP contribution in [0.2, 0.25) is 0 Å². The van der Waals surface area contributed by atoms with Crippen molar-refractivity contribution >= 4 is 5.97 Å². The average molecular weight is 367 g/mol. The van der Waals surface area contributed by atoms with Crippen molar-refractivity contribution in [2.24, 2.45) is 5.92 Å². The summed E-state index contributed by atoms with van der Waals surface area (Å²) in [7, 11) is 0. The maximum Gasteiger partial charge on any atom is 0.490 e. The largest absolute Gasteiger partial charge is 0.490 e. The summed E-state index contributed by atoms with van der Waals surface area (Å²) in [4.78, 5) is 8.90. The van der Waals surface area contributed by atoms with Crippen LogP contribution in [0.15, 0.2) is 24.3 Å². The Morgan fingerprint density at radius 1 is 1.24 bits per heavy atom. The van der Waals surface area contributed by atoms with Crippen LogP contribution in [-0.4, -0.2) is 41.0 Å². The van der Waals surface area contributed by atoms with Gasteiger partial charge >= 0.3 is 12.1 Å². The van der Waals surface area contributed by atoms with Crippen LogP contribution in [0.4, 0.5) is 17.6 Å². The standard InChI is InChI=1S/C15H24FNO.C2HF3O2/c1-4-11(2)15(10-18)17-12(3)9-13-7-5-6-8-14(13)16;3-2(4,5)1(6)7/h5-8,11-12,15,17-18H,4,9-10H2,1-3H3;(H,6,7)/t11-,12?,15+;/m0./s1. The van der Waals surface area contributed by atoms with Crippen LogP contribution in [0.1, 0.15) is 32.8 Å². The van der Waals surface area contributed by atoms with E-state index in [9.17, 15) is 22.7 Å². The third-order valence-corrected chi connectivity index (χ3v) is 3.75. The van der Waals surface area contributed by atoms with E-state index in [1.807, 2.05) is 19.1 Å². The molecular weight excluding hydrogens is 342 g/mol. The highest BCUT2D eigenvalue weighted by atomic mass is 19.4. The molecule has 4 nitrogen and oxygen atoms in total. The fourth-order valence-corrected chi connectivity index (χ4v) is 2.10. The summed E-state index contributed by atoms with van der Waals surface area (Å²) < 4.78 is 45.3. The van der Waals surface area contributed by atoms with Crippen LogP contribution in [0.3, 0.4) is 0 Å². The Kier molecular flexibility index (Phi) is 10.3. The highest BCUT2D eigenvalue weighted by molar-refractivity contribution is 5.73. The number of halogens is 4. The molecule has 0 aromatic heterocycles. The van der Waals surface area contributed by atoms with Gasteiger partial charge in [0.15, 0.2) is 0 Å². The summed E-state index contributed by atoms with van der Waals surface area (Å²) >= 11 is 0. The van der Waals surface area contributed by atoms with Gasteiger partial charge in [0.05, 0.1) is 6.61 Å². The molecule has 0 heterocycles. The van der Waals surface area contributed by atoms with E-state index in [2.05, 4.69) is 19.2 Å². The lowest BCUT2D eigenvalue weighted by Crippen LogP contribution is -2.44. The molecule has 0 bridgehead atoms. The Morgan fingerprint density at radius 3 is 2.16 bits per heavy atom. The molecule has 0 amide bonds. The summed E-state index contributed by atoms with van der Waals surface area (Å²) in [6.45, 7) is 6.37. The van der Waals surface area contributed by atoms with Gasteiger partial charge in [0.2, 0.25) is 0 Å². The van der Waals surface area contributed by atoms with Gasteiger partial charge in [-0.15, -0.1) is 0 Å². The third kappa shape index (κ3) is 9.40. The predicted molar refractivity (Wildman–Crippen MR) is 86.7 cm³/mol. The normalized spacial score (nSPS) is 14.9. The SMILES string of the molecule is CC[C@H](C)[C@@H](CO)NC(C)Cc1ccccc1F.O=C(O)C(F)(F)F. The number of aliphatic carboxylic acids is 1. The molecule has 0 radical (unpaired) electrons. The first kappa shape index (κ1) is 23.3. The zero-order chi connectivity index (χ0) is 19.6. The minimum Gasteiger partial charge on any atom is -0.475 e. The molecule has 0 saturated heterocycles. The number of benzene rings is 1. The van der Waals surface area contributed by atoms with Gasteiger partial charge in [-0.3, -0.25) is 0 Å². The quantitative estimate of drug-likeness (QED) is 0.646. The molecule has 1 unspecified atom stereocenters. The van der Waals surface area contributed by atoms with Crippen LogP contribution in [0.5, 0.6) is 0 Å². The second-order valence-electron chi connectivity index (χ2n) is 5.84. The predicted octanol–water partition coefficient (Wildman–Crippen LogP) is 3.39. The summed E-state index contributed by atoms with van der Waals surface area (Å²) in [5, 5.41) is 19.9. The molecule has 0 spiro atoms. The van der Waals surface area contributed by atoms with Crippen molar-refractivity contribution in [3.05, 3.63) is 35.6 Å². The molecular formula is C17H25F4NO3. The molecule has 25 heavy (non-hydrogen) atoms. The Balaban J connectivity index is 0.000000697. The number of carbonyl (C=O) groups is 1. The summed E-state index contributed by atoms with van der Waals surface area (Å²) in [6, 6.07) is 7.07. The Morgan fingerprint density at radius 2 is 1.76 bits per heavy atom. The van der Waals surface area contributed by atoms with Crippen LogP contribution in [-0.2, 0) is 11.2 Å². The summed E-state index contributed by atoms with van der Waals surface area (Å²) in [6.07, 6.45) is -3.43. The van der Waals surface area contributed by atoms with Crippen LogP contribution in [0, 0.1) is 11.7 Å². The highest BCUT2D eigenvalue weighted by Gasteiger charge is 2.38. The zero-order valence-corrected chi connectivity index (χ0v) is 14.5. The van der Waals surface area contributed by atoms with Gasteiger partial charge in [-0.25, -0.2) is 9.18 Å². The average Bonchev–Trinajstić information content (AvgIpc) is 2.53. The molecule has 0 fully saturated rings. The summed E-state index contributed by atoms with van der Waals surface area (Å²) in [5.74, 6) is -2.50. The molecule has 0 aliphatic heterocycles. The topological polar surface area (TPSA) is 69.6 Å². The van der Waals surface area contributed by atoms with Gasteiger partial charge in [0.25, 0.3) is 0 Å². The first-order valence-electron chi connectivity index (χ1n) is 7.93. The molecule has 1 aromatic carbocycles. The molecule has 0 aliphatic carbocycles. The number of carboxylic acids is 1. The minimum absolute atomic E-state index is 0.0803. The lowest BCUT2D eigenvalue weighted by Gasteiger charge is -2.26. The smallest absolute Gasteiger partial charge is 0.475 e. The van der Waals surface area contributed by atoms with E-state index in [1.165, 1.54) is 6.07 Å². The van der Waals surface area contributed by atoms with Gasteiger partial charge in [0, 0.05) is 12.1 Å². The highest BCUT2D eigenvalue weighted by Crippen LogP contribution is 2.13. The Bertz CT molecular complexity index is 523. The number of aliphatic hydroxyl groups excluding tert-OH is 1. The monoisotopic (exact) mass is 367 g/mol. The summed E-state index contributed by atoms with van der Waals surface area (Å²) in [5.41, 5.74) is 0.721. The third-order valence-electron chi connectivity index (χ3n) is 3.75. The van der Waals surface area contributed by atoms with Gasteiger partial charge in [0.1, 0.15) is 5.82 Å². The van der Waals surface area contributed by atoms with Gasteiger partial charge in [-0.1, -0.05) is 38.5 Å². The molecule has 0 saturated carbocycles. The van der Waals surface area contributed by atoms with E-state index >= 15 is 0 Å². The second-order valence-corrected chi connectivity index (χ2v) is 5.84. The second kappa shape index (κ2) is 11.0. The van der Waals surface area contributed by atoms with Crippen LogP contribution >= 0.6 is 0 Å². The van der Waals surface area contributed by atoms with E-state index in [1.54, 1.807) is 6.07 Å². The Labute approximate surface area is 144 Å². The first-order valence-corrected chi connectivity index (χ1v) is 7.93. The maximum atomic E-state index is 13.5. The van der Waals surface area contributed by atoms with Crippen LogP contribution in [0.25, 0.3) is 0 Å². The number of aliphatic hydroxyl groups is 1. The van der Waals surface area contributed by atoms with E-state index < -0.39 is 12.1 Å². The number of nitrogens with one attached hydrogen (secondary N) is 1. The van der Waals surface area contributed by atoms with E-state index in [0.29, 0.717) is 12.3 Å². The molecule has 3 N–H and O–H groups in total. The van der Waals surface area contributed by atoms with Crippen molar-refractivity contribution in [1.82, 2.24) is 5.32 Å². The van der Waals surface area contributed by atoms with Crippen molar-refractivity contribution in [1.29, 1.82) is 0 Å². The minimum atomic E-state index is -5.08. The lowest BCUT2D eigenvalue weighted by molar-refractivity contribution is -0.192. The first-order chi connectivity index (χ1) is 11.5. The van der Waals surface area contributed by atoms with Crippen molar-refractivity contribution in [3.8, 4) is 0 Å². The van der Waals surface area contributed by atoms with E-state index in [-0.39, 0.29) is 24.5 Å². The van der Waals surface area contributed by atoms with Crippen molar-refractivity contribution in [3.63, 3.8) is 0 Å². The number of carboxylic acid groups (broad SMARTS) is 1. The fourth-order valence-electron chi connectivity index (χ4n) is 2.10. The molecule has 144 valence electrons. The van der Waals surface area contributed by atoms with Crippen LogP contribution < -0.4 is 5.32 Å². The van der Waals surface area contributed by atoms with Gasteiger partial charge in [-0.2, -0.15) is 13.2 Å². The molecule has 1 rings (SSSR count). The van der Waals surface area contributed by atoms with Crippen molar-refractivity contribution in [2.45, 2.75) is 51.9 Å². The number of hydrogen-bond donors (Lipinski definition) is 3. The zero-order valence-electron chi connectivity index (χ0n) is 14.5. The number of rotatable bonds is 7. The number of alkyl halides is 3. The molecule has 3 atom stereocenters. The van der Waals surface area contributed by atoms with Crippen molar-refractivity contribution in [2.75, 3.05) is 6.61 Å². The van der Waals surface area contributed by atoms with Crippen molar-refractivity contribution < 1.29 is 32.6 Å². The fraction of sp³-hybridized carbons (Fsp3) is 0.588. The maximum absolute atomic E-state index is 13.5. The number of hydrogen-bond acceptors (Lipinski definition) is 3. The molecule has 8 heteroatoms. The molecule has 1 aromatic rings. The van der Waals surface area contributed by atoms with Gasteiger partial charge in [-0.05, 0) is 30.9 Å². The van der Waals surface area contributed by atoms with Gasteiger partial charge < -0.3 is 15.5 Å². The molecule has 0 aliphatic rings. The van der Waals surface area contributed by atoms with E-state index in [4.69, 9.17) is 9.90 Å².